The maximum Gasteiger partial charge on any atom is 0.229 e. The predicted molar refractivity (Wildman–Crippen MR) is 135 cm³/mol. The Morgan fingerprint density at radius 1 is 1.03 bits per heavy atom. The molecule has 9 heteroatoms. The number of hydrogen-bond donors (Lipinski definition) is 2. The van der Waals surface area contributed by atoms with E-state index in [1.807, 2.05) is 19.2 Å². The zero-order valence-electron chi connectivity index (χ0n) is 18.0. The van der Waals surface area contributed by atoms with Crippen molar-refractivity contribution in [2.45, 2.75) is 0 Å². The minimum atomic E-state index is -0.218. The molecule has 0 spiro atoms. The van der Waals surface area contributed by atoms with E-state index in [1.54, 1.807) is 29.0 Å². The Bertz CT molecular complexity index is 1360. The number of nitrogens with one attached hydrogen (secondary N) is 2. The minimum Gasteiger partial charge on any atom is -0.369 e. The Balaban J connectivity index is 1.45. The average Bonchev–Trinajstić information content (AvgIpc) is 2.83. The average molecular weight is 481 g/mol. The van der Waals surface area contributed by atoms with Crippen LogP contribution in [0.3, 0.4) is 0 Å². The summed E-state index contributed by atoms with van der Waals surface area (Å²) in [5.41, 5.74) is 3.28. The normalized spacial score (nSPS) is 14.0. The molecular formula is C24H22Cl2N6O. The van der Waals surface area contributed by atoms with Crippen molar-refractivity contribution in [2.75, 3.05) is 36.4 Å². The second kappa shape index (κ2) is 9.02. The molecule has 0 saturated carbocycles. The van der Waals surface area contributed by atoms with Gasteiger partial charge in [-0.05, 0) is 36.4 Å². The van der Waals surface area contributed by atoms with Gasteiger partial charge in [0.2, 0.25) is 11.4 Å². The molecule has 1 saturated heterocycles. The van der Waals surface area contributed by atoms with E-state index in [4.69, 9.17) is 23.2 Å². The number of anilines is 3. The largest absolute Gasteiger partial charge is 0.369 e. The van der Waals surface area contributed by atoms with Gasteiger partial charge in [0.1, 0.15) is 5.65 Å². The summed E-state index contributed by atoms with van der Waals surface area (Å²) in [5.74, 6) is 0.413. The number of fused-ring (bicyclic) bond motifs is 1. The van der Waals surface area contributed by atoms with Gasteiger partial charge < -0.3 is 20.1 Å². The third-order valence-electron chi connectivity index (χ3n) is 5.75. The van der Waals surface area contributed by atoms with Crippen LogP contribution in [-0.4, -0.2) is 40.7 Å². The van der Waals surface area contributed by atoms with E-state index in [0.29, 0.717) is 38.2 Å². The number of aromatic nitrogens is 3. The summed E-state index contributed by atoms with van der Waals surface area (Å²) in [6.45, 7) is 3.98. The zero-order chi connectivity index (χ0) is 22.9. The molecule has 2 N–H and O–H groups in total. The van der Waals surface area contributed by atoms with E-state index in [1.165, 1.54) is 11.9 Å². The molecule has 0 bridgehead atoms. The van der Waals surface area contributed by atoms with Gasteiger partial charge >= 0.3 is 0 Å². The molecule has 1 fully saturated rings. The maximum absolute atomic E-state index is 13.2. The summed E-state index contributed by atoms with van der Waals surface area (Å²) in [6.07, 6.45) is 3.24. The molecule has 168 valence electrons. The highest BCUT2D eigenvalue weighted by atomic mass is 35.5. The van der Waals surface area contributed by atoms with Gasteiger partial charge in [-0.15, -0.1) is 0 Å². The lowest BCUT2D eigenvalue weighted by molar-refractivity contribution is 0.589. The molecule has 4 aromatic rings. The summed E-state index contributed by atoms with van der Waals surface area (Å²) in [6, 6.07) is 13.4. The molecule has 2 aromatic carbocycles. The lowest BCUT2D eigenvalue weighted by Gasteiger charge is -2.29. The van der Waals surface area contributed by atoms with Crippen LogP contribution in [0.1, 0.15) is 0 Å². The summed E-state index contributed by atoms with van der Waals surface area (Å²) in [4.78, 5) is 24.5. The molecule has 1 aliphatic heterocycles. The summed E-state index contributed by atoms with van der Waals surface area (Å²) in [5, 5.41) is 7.82. The van der Waals surface area contributed by atoms with E-state index in [9.17, 15) is 4.79 Å². The highest BCUT2D eigenvalue weighted by molar-refractivity contribution is 6.39. The Morgan fingerprint density at radius 2 is 1.73 bits per heavy atom. The fourth-order valence-electron chi connectivity index (χ4n) is 4.06. The molecule has 5 rings (SSSR count). The predicted octanol–water partition coefficient (Wildman–Crippen LogP) is 4.46. The van der Waals surface area contributed by atoms with E-state index in [-0.39, 0.29) is 5.43 Å². The van der Waals surface area contributed by atoms with E-state index in [0.717, 1.165) is 31.9 Å². The third kappa shape index (κ3) is 4.27. The molecule has 0 aliphatic carbocycles. The SMILES string of the molecule is Cn1cc(-c2c(Cl)cccc2Cl)c(=O)c2cnc(Nc3ccc(N4CCNCC4)cc3)nc21. The highest BCUT2D eigenvalue weighted by Crippen LogP contribution is 2.33. The van der Waals surface area contributed by atoms with Gasteiger partial charge in [0, 0.05) is 68.1 Å². The number of piperazine rings is 1. The highest BCUT2D eigenvalue weighted by Gasteiger charge is 2.17. The molecular weight excluding hydrogens is 459 g/mol. The van der Waals surface area contributed by atoms with Gasteiger partial charge in [0.05, 0.1) is 15.4 Å². The lowest BCUT2D eigenvalue weighted by atomic mass is 10.1. The fourth-order valence-corrected chi connectivity index (χ4v) is 4.66. The second-order valence-corrected chi connectivity index (χ2v) is 8.73. The molecule has 0 amide bonds. The molecule has 0 atom stereocenters. The molecule has 0 radical (unpaired) electrons. The Morgan fingerprint density at radius 3 is 2.42 bits per heavy atom. The van der Waals surface area contributed by atoms with Crippen LogP contribution in [-0.2, 0) is 7.05 Å². The van der Waals surface area contributed by atoms with E-state index >= 15 is 0 Å². The minimum absolute atomic E-state index is 0.218. The Kier molecular flexibility index (Phi) is 5.93. The van der Waals surface area contributed by atoms with Crippen molar-refractivity contribution >= 4 is 51.6 Å². The van der Waals surface area contributed by atoms with Crippen LogP contribution in [0.2, 0.25) is 10.0 Å². The van der Waals surface area contributed by atoms with Gasteiger partial charge in [0.25, 0.3) is 0 Å². The van der Waals surface area contributed by atoms with Crippen LogP contribution in [0, 0.1) is 0 Å². The van der Waals surface area contributed by atoms with Crippen molar-refractivity contribution in [1.29, 1.82) is 0 Å². The lowest BCUT2D eigenvalue weighted by Crippen LogP contribution is -2.43. The quantitative estimate of drug-likeness (QED) is 0.449. The molecule has 33 heavy (non-hydrogen) atoms. The van der Waals surface area contributed by atoms with Gasteiger partial charge in [0.15, 0.2) is 0 Å². The van der Waals surface area contributed by atoms with Crippen molar-refractivity contribution < 1.29 is 0 Å². The van der Waals surface area contributed by atoms with Gasteiger partial charge in [-0.2, -0.15) is 4.98 Å². The number of aryl methyl sites for hydroxylation is 1. The number of pyridine rings is 1. The Hall–Kier alpha value is -3.13. The first kappa shape index (κ1) is 21.7. The molecule has 3 heterocycles. The monoisotopic (exact) mass is 480 g/mol. The van der Waals surface area contributed by atoms with Crippen molar-refractivity contribution in [3.8, 4) is 11.1 Å². The van der Waals surface area contributed by atoms with E-state index < -0.39 is 0 Å². The number of hydrogen-bond acceptors (Lipinski definition) is 6. The standard InChI is InChI=1S/C24H22Cl2N6O/c1-31-14-18(21-19(25)3-2-4-20(21)26)22(33)17-13-28-24(30-23(17)31)29-15-5-7-16(8-6-15)32-11-9-27-10-12-32/h2-8,13-14,27H,9-12H2,1H3,(H,28,29,30). The molecule has 1 aliphatic rings. The van der Waals surface area contributed by atoms with Crippen LogP contribution < -0.4 is 21.0 Å². The van der Waals surface area contributed by atoms with Crippen LogP contribution in [0.25, 0.3) is 22.2 Å². The van der Waals surface area contributed by atoms with Crippen LogP contribution in [0.4, 0.5) is 17.3 Å². The zero-order valence-corrected chi connectivity index (χ0v) is 19.5. The number of halogens is 2. The first-order valence-electron chi connectivity index (χ1n) is 10.6. The van der Waals surface area contributed by atoms with Crippen molar-refractivity contribution in [3.63, 3.8) is 0 Å². The van der Waals surface area contributed by atoms with Crippen LogP contribution in [0.15, 0.2) is 59.7 Å². The number of nitrogens with zero attached hydrogens (tertiary/aromatic N) is 4. The summed E-state index contributed by atoms with van der Waals surface area (Å²) < 4.78 is 1.78. The molecule has 0 unspecified atom stereocenters. The first-order chi connectivity index (χ1) is 16.0. The van der Waals surface area contributed by atoms with Crippen molar-refractivity contribution in [2.24, 2.45) is 7.05 Å². The first-order valence-corrected chi connectivity index (χ1v) is 11.4. The van der Waals surface area contributed by atoms with Crippen molar-refractivity contribution in [3.05, 3.63) is 75.1 Å². The summed E-state index contributed by atoms with van der Waals surface area (Å²) in [7, 11) is 1.83. The van der Waals surface area contributed by atoms with Gasteiger partial charge in [-0.3, -0.25) is 4.79 Å². The number of rotatable bonds is 4. The topological polar surface area (TPSA) is 75.1 Å². The van der Waals surface area contributed by atoms with Gasteiger partial charge in [-0.25, -0.2) is 4.98 Å². The second-order valence-electron chi connectivity index (χ2n) is 7.92. The molecule has 7 nitrogen and oxygen atoms in total. The maximum atomic E-state index is 13.2. The van der Waals surface area contributed by atoms with Crippen LogP contribution in [0.5, 0.6) is 0 Å². The smallest absolute Gasteiger partial charge is 0.229 e. The Labute approximate surface area is 201 Å². The molecule has 2 aromatic heterocycles. The van der Waals surface area contributed by atoms with E-state index in [2.05, 4.69) is 37.6 Å². The van der Waals surface area contributed by atoms with Crippen LogP contribution >= 0.6 is 23.2 Å². The number of benzene rings is 2. The fraction of sp³-hybridized carbons (Fsp3) is 0.208. The van der Waals surface area contributed by atoms with Crippen molar-refractivity contribution in [1.82, 2.24) is 19.9 Å². The van der Waals surface area contributed by atoms with Gasteiger partial charge in [-0.1, -0.05) is 29.3 Å². The summed E-state index contributed by atoms with van der Waals surface area (Å²) >= 11 is 12.7. The third-order valence-corrected chi connectivity index (χ3v) is 6.38.